The van der Waals surface area contributed by atoms with Crippen LogP contribution in [-0.2, 0) is 18.9 Å². The highest BCUT2D eigenvalue weighted by Crippen LogP contribution is 2.44. The molecule has 3 N–H and O–H groups in total. The van der Waals surface area contributed by atoms with Gasteiger partial charge in [0.05, 0.1) is 46.0 Å². The lowest BCUT2D eigenvalue weighted by Crippen LogP contribution is -2.56. The normalized spacial score (nSPS) is 20.1. The molecule has 2 aromatic heterocycles. The first kappa shape index (κ1) is 50.2. The van der Waals surface area contributed by atoms with Crippen LogP contribution >= 0.6 is 23.1 Å². The van der Waals surface area contributed by atoms with Gasteiger partial charge in [-0.1, -0.05) is 13.8 Å². The number of aryl methyl sites for hydroxylation is 2. The monoisotopic (exact) mass is 1060 g/mol. The van der Waals surface area contributed by atoms with E-state index < -0.39 is 47.7 Å². The zero-order valence-electron chi connectivity index (χ0n) is 41.0. The molecule has 376 valence electrons. The van der Waals surface area contributed by atoms with Gasteiger partial charge in [0, 0.05) is 105 Å². The van der Waals surface area contributed by atoms with Crippen molar-refractivity contribution in [1.29, 1.82) is 0 Å². The molecule has 4 aliphatic heterocycles. The Labute approximate surface area is 419 Å². The van der Waals surface area contributed by atoms with Crippen LogP contribution in [0.2, 0.25) is 0 Å². The summed E-state index contributed by atoms with van der Waals surface area (Å²) in [5.74, 6) is -3.37. The molecule has 6 heterocycles. The van der Waals surface area contributed by atoms with E-state index in [2.05, 4.69) is 58.6 Å². The Balaban J connectivity index is 0.803. The highest BCUT2D eigenvalue weighted by molar-refractivity contribution is 9.10. The van der Waals surface area contributed by atoms with Crippen molar-refractivity contribution in [2.24, 2.45) is 11.3 Å². The number of rotatable bonds is 11. The fraction of sp³-hybridized carbons (Fsp3) is 0.451. The molecule has 4 fully saturated rings. The molecule has 15 nitrogen and oxygen atoms in total. The van der Waals surface area contributed by atoms with Gasteiger partial charge in [0.15, 0.2) is 0 Å². The van der Waals surface area contributed by atoms with Crippen molar-refractivity contribution in [2.45, 2.75) is 65.3 Å². The number of methoxy groups -OCH3 is 1. The van der Waals surface area contributed by atoms with E-state index in [1.807, 2.05) is 35.8 Å². The van der Waals surface area contributed by atoms with Gasteiger partial charge in [0.25, 0.3) is 0 Å². The second-order valence-electron chi connectivity index (χ2n) is 20.2. The molecular weight excluding hydrogens is 1000 g/mol. The number of carbonyl (C=O) groups is 3. The predicted octanol–water partition coefficient (Wildman–Crippen LogP) is 8.36. The number of nitrogens with one attached hydrogen (secondary N) is 3. The molecule has 9 rings (SSSR count). The number of anilines is 6. The number of halogens is 4. The minimum absolute atomic E-state index is 0.0150. The summed E-state index contributed by atoms with van der Waals surface area (Å²) in [7, 11) is -1.31. The van der Waals surface area contributed by atoms with Gasteiger partial charge in [-0.2, -0.15) is 4.98 Å². The molecule has 0 saturated carbocycles. The van der Waals surface area contributed by atoms with Crippen molar-refractivity contribution in [2.75, 3.05) is 93.2 Å². The first-order valence-corrected chi connectivity index (χ1v) is 27.3. The van der Waals surface area contributed by atoms with Gasteiger partial charge in [-0.3, -0.25) is 29.6 Å². The topological polar surface area (TPSA) is 165 Å². The third-order valence-corrected chi connectivity index (χ3v) is 16.7. The van der Waals surface area contributed by atoms with Crippen molar-refractivity contribution in [3.63, 3.8) is 0 Å². The summed E-state index contributed by atoms with van der Waals surface area (Å²) in [5.41, 5.74) is 3.66. The third-order valence-electron chi connectivity index (χ3n) is 14.6. The van der Waals surface area contributed by atoms with E-state index in [4.69, 9.17) is 9.72 Å². The van der Waals surface area contributed by atoms with Crippen molar-refractivity contribution in [3.05, 3.63) is 87.4 Å². The maximum atomic E-state index is 15.5. The number of aromatic nitrogens is 3. The molecule has 20 heteroatoms. The average molecular weight is 1060 g/mol. The van der Waals surface area contributed by atoms with E-state index in [9.17, 15) is 23.3 Å². The fourth-order valence-corrected chi connectivity index (χ4v) is 12.6. The Morgan fingerprint density at radius 2 is 1.59 bits per heavy atom. The van der Waals surface area contributed by atoms with Gasteiger partial charge in [-0.25, -0.2) is 18.2 Å². The second kappa shape index (κ2) is 19.7. The molecule has 0 aliphatic carbocycles. The number of pyridine rings is 1. The molecule has 2 atom stereocenters. The Kier molecular flexibility index (Phi) is 13.9. The Morgan fingerprint density at radius 3 is 2.25 bits per heavy atom. The van der Waals surface area contributed by atoms with E-state index in [0.29, 0.717) is 87.5 Å². The molecule has 3 aromatic carbocycles. The summed E-state index contributed by atoms with van der Waals surface area (Å²) >= 11 is 3.55. The van der Waals surface area contributed by atoms with Gasteiger partial charge >= 0.3 is 0 Å². The Hall–Kier alpha value is -5.78. The van der Waals surface area contributed by atoms with Gasteiger partial charge in [-0.15, -0.1) is 0 Å². The minimum atomic E-state index is -2.94. The van der Waals surface area contributed by atoms with Crippen molar-refractivity contribution < 1.29 is 36.9 Å². The van der Waals surface area contributed by atoms with Crippen molar-refractivity contribution >= 4 is 91.5 Å². The molecular formula is C51H59BrF3N10O5P. The van der Waals surface area contributed by atoms with Gasteiger partial charge < -0.3 is 34.6 Å². The molecule has 5 aromatic rings. The maximum Gasteiger partial charge on any atom is 0.234 e. The van der Waals surface area contributed by atoms with Gasteiger partial charge in [0.2, 0.25) is 23.7 Å². The average Bonchev–Trinajstić information content (AvgIpc) is 3.65. The standard InChI is InChI=1S/C51H59BrF3N10O5P/c1-28-20-41(59-50-56-25-35(52)47(61-50)58-40-10-9-39-33(46(40)71(6,7)69)23-36(53)29(2)57-39)43(70-5)24-42(28)63-14-12-30(13-15-63)62-16-18-64(19-17-62)49(68)34-26-65(27-51(34,3)4)31-21-37(54)45(38(55)22-31)32-8-11-44(66)60-48(32)67/h9-10,20-25,30,32,34H,8,11-19,26-27H2,1-7H3,(H,60,66,67)(H2,56,58,59,61). The number of hydrogen-bond acceptors (Lipinski definition) is 13. The molecule has 4 saturated heterocycles. The SMILES string of the molecule is COc1cc(N2CCC(N3CCN(C(=O)C4CN(c5cc(F)c(C6CCC(=O)NC6=O)c(F)c5)CC4(C)C)CC3)CC2)c(C)cc1Nc1ncc(Br)c(Nc2ccc3nc(C)c(F)cc3c2P(C)(C)=O)n1. The quantitative estimate of drug-likeness (QED) is 0.0855. The molecule has 0 spiro atoms. The zero-order valence-corrected chi connectivity index (χ0v) is 43.4. The van der Waals surface area contributed by atoms with Gasteiger partial charge in [-0.05, 0) is 110 Å². The molecule has 0 bridgehead atoms. The summed E-state index contributed by atoms with van der Waals surface area (Å²) in [6.07, 6.45) is 3.58. The smallest absolute Gasteiger partial charge is 0.234 e. The zero-order chi connectivity index (χ0) is 50.7. The second-order valence-corrected chi connectivity index (χ2v) is 24.2. The number of hydrogen-bond donors (Lipinski definition) is 3. The van der Waals surface area contributed by atoms with Crippen LogP contribution < -0.4 is 35.8 Å². The van der Waals surface area contributed by atoms with E-state index in [1.54, 1.807) is 45.7 Å². The van der Waals surface area contributed by atoms with Crippen molar-refractivity contribution in [3.8, 4) is 5.75 Å². The van der Waals surface area contributed by atoms with Crippen LogP contribution in [0.4, 0.5) is 47.7 Å². The summed E-state index contributed by atoms with van der Waals surface area (Å²) in [6.45, 7) is 16.1. The Bertz CT molecular complexity index is 2970. The molecule has 4 aliphatic rings. The molecule has 0 radical (unpaired) electrons. The van der Waals surface area contributed by atoms with Crippen molar-refractivity contribution in [1.82, 2.24) is 30.1 Å². The summed E-state index contributed by atoms with van der Waals surface area (Å²) in [6, 6.07) is 11.8. The first-order chi connectivity index (χ1) is 33.7. The highest BCUT2D eigenvalue weighted by Gasteiger charge is 2.46. The van der Waals surface area contributed by atoms with Crippen LogP contribution in [-0.4, -0.2) is 121 Å². The largest absolute Gasteiger partial charge is 0.494 e. The molecule has 2 unspecified atom stereocenters. The summed E-state index contributed by atoms with van der Waals surface area (Å²) in [4.78, 5) is 60.5. The van der Waals surface area contributed by atoms with Crippen LogP contribution in [0.25, 0.3) is 10.9 Å². The highest BCUT2D eigenvalue weighted by atomic mass is 79.9. The number of amides is 3. The number of piperidine rings is 2. The Morgan fingerprint density at radius 1 is 0.887 bits per heavy atom. The number of piperazine rings is 1. The van der Waals surface area contributed by atoms with Crippen LogP contribution in [0.5, 0.6) is 5.75 Å². The van der Waals surface area contributed by atoms with Gasteiger partial charge in [0.1, 0.15) is 36.2 Å². The summed E-state index contributed by atoms with van der Waals surface area (Å²) in [5, 5.41) is 9.76. The van der Waals surface area contributed by atoms with E-state index in [-0.39, 0.29) is 35.9 Å². The molecule has 71 heavy (non-hydrogen) atoms. The predicted molar refractivity (Wildman–Crippen MR) is 274 cm³/mol. The van der Waals surface area contributed by atoms with Crippen LogP contribution in [0.1, 0.15) is 62.3 Å². The lowest BCUT2D eigenvalue weighted by molar-refractivity contribution is -0.140. The molecule has 3 amide bonds. The number of carbonyl (C=O) groups excluding carboxylic acids is 3. The van der Waals surface area contributed by atoms with Crippen LogP contribution in [0.15, 0.2) is 53.1 Å². The van der Waals surface area contributed by atoms with E-state index >= 15 is 8.78 Å². The number of imide groups is 1. The number of nitrogens with zero attached hydrogens (tertiary/aromatic N) is 7. The number of ether oxygens (including phenoxy) is 1. The lowest BCUT2D eigenvalue weighted by Gasteiger charge is -2.44. The maximum absolute atomic E-state index is 15.5. The fourth-order valence-electron chi connectivity index (χ4n) is 10.8. The van der Waals surface area contributed by atoms with Crippen LogP contribution in [0, 0.1) is 42.6 Å². The van der Waals surface area contributed by atoms with Crippen LogP contribution in [0.3, 0.4) is 0 Å². The van der Waals surface area contributed by atoms with E-state index in [1.165, 1.54) is 18.2 Å². The summed E-state index contributed by atoms with van der Waals surface area (Å²) < 4.78 is 65.8. The first-order valence-electron chi connectivity index (χ1n) is 23.9. The number of benzene rings is 3. The van der Waals surface area contributed by atoms with E-state index in [0.717, 1.165) is 50.3 Å². The third kappa shape index (κ3) is 10.2. The minimum Gasteiger partial charge on any atom is -0.494 e. The number of fused-ring (bicyclic) bond motifs is 1. The lowest BCUT2D eigenvalue weighted by atomic mass is 9.81.